The summed E-state index contributed by atoms with van der Waals surface area (Å²) in [6.07, 6.45) is 91.1. The van der Waals surface area contributed by atoms with Crippen LogP contribution in [0.2, 0.25) is 0 Å². The highest BCUT2D eigenvalue weighted by Gasteiger charge is 2.15. The van der Waals surface area contributed by atoms with Crippen molar-refractivity contribution in [3.8, 4) is 0 Å². The van der Waals surface area contributed by atoms with Gasteiger partial charge in [-0.1, -0.05) is 336 Å². The van der Waals surface area contributed by atoms with Crippen molar-refractivity contribution in [2.75, 3.05) is 0 Å². The Bertz CT molecular complexity index is 1380. The number of allylic oxidation sites excluding steroid dienone is 18. The molecular weight excluding hydrogens is 841 g/mol. The van der Waals surface area contributed by atoms with Crippen LogP contribution in [0.1, 0.15) is 284 Å². The third-order valence-corrected chi connectivity index (χ3v) is 13.2. The highest BCUT2D eigenvalue weighted by Crippen LogP contribution is 2.17. The van der Waals surface area contributed by atoms with E-state index in [0.717, 1.165) is 32.1 Å². The smallest absolute Gasteiger partial charge is 0.209 e. The Hall–Kier alpha value is -3.33. The molecule has 3 nitrogen and oxygen atoms in total. The van der Waals surface area contributed by atoms with E-state index in [9.17, 15) is 14.4 Å². The fourth-order valence-electron chi connectivity index (χ4n) is 8.74. The highest BCUT2D eigenvalue weighted by atomic mass is 16.1. The summed E-state index contributed by atoms with van der Waals surface area (Å²) in [6, 6.07) is 0. The molecule has 69 heavy (non-hydrogen) atoms. The van der Waals surface area contributed by atoms with Gasteiger partial charge >= 0.3 is 0 Å². The molecule has 0 saturated heterocycles. The second kappa shape index (κ2) is 59.0. The largest absolute Gasteiger partial charge is 0.295 e. The number of unbranched alkanes of at least 4 members (excludes halogenated alkanes) is 37. The second-order valence-corrected chi connectivity index (χ2v) is 19.9. The maximum absolute atomic E-state index is 12.5. The Balaban J connectivity index is 3.58. The summed E-state index contributed by atoms with van der Waals surface area (Å²) in [6.45, 7) is 4.56. The van der Waals surface area contributed by atoms with Crippen LogP contribution < -0.4 is 0 Å². The molecule has 0 amide bonds. The number of hydrogen-bond acceptors (Lipinski definition) is 3. The van der Waals surface area contributed by atoms with Gasteiger partial charge in [0.15, 0.2) is 11.6 Å². The maximum atomic E-state index is 12.5. The first-order valence-corrected chi connectivity index (χ1v) is 29.6. The van der Waals surface area contributed by atoms with Gasteiger partial charge in [-0.15, -0.1) is 0 Å². The summed E-state index contributed by atoms with van der Waals surface area (Å²) in [4.78, 5) is 36.1. The zero-order valence-electron chi connectivity index (χ0n) is 45.4. The molecule has 1 radical (unpaired) electrons. The number of hydrogen-bond donors (Lipinski definition) is 0. The molecule has 0 aliphatic rings. The van der Waals surface area contributed by atoms with Crippen molar-refractivity contribution < 1.29 is 14.4 Å². The lowest BCUT2D eigenvalue weighted by Crippen LogP contribution is -2.13. The van der Waals surface area contributed by atoms with Crippen molar-refractivity contribution in [3.05, 3.63) is 109 Å². The first-order valence-electron chi connectivity index (χ1n) is 29.6. The number of carbonyl (C=O) groups is 2. The quantitative estimate of drug-likeness (QED) is 0.0264. The van der Waals surface area contributed by atoms with Crippen molar-refractivity contribution in [1.29, 1.82) is 0 Å². The molecule has 0 aromatic carbocycles. The number of rotatable bonds is 54. The third kappa shape index (κ3) is 55.5. The van der Waals surface area contributed by atoms with Crippen molar-refractivity contribution in [2.24, 2.45) is 5.92 Å². The van der Waals surface area contributed by atoms with Crippen molar-refractivity contribution in [2.45, 2.75) is 284 Å². The monoisotopic (exact) mass is 950 g/mol. The first-order chi connectivity index (χ1) is 34.2. The van der Waals surface area contributed by atoms with Crippen molar-refractivity contribution in [1.82, 2.24) is 0 Å². The highest BCUT2D eigenvalue weighted by molar-refractivity contribution is 6.01. The van der Waals surface area contributed by atoms with E-state index in [-0.39, 0.29) is 11.6 Å². The van der Waals surface area contributed by atoms with E-state index in [1.807, 2.05) is 61.0 Å². The molecule has 0 aliphatic heterocycles. The minimum atomic E-state index is -0.632. The Morgan fingerprint density at radius 2 is 0.594 bits per heavy atom. The van der Waals surface area contributed by atoms with Gasteiger partial charge in [-0.25, -0.2) is 0 Å². The molecule has 0 saturated carbocycles. The Morgan fingerprint density at radius 3 is 0.942 bits per heavy atom. The van der Waals surface area contributed by atoms with E-state index in [1.165, 1.54) is 231 Å². The van der Waals surface area contributed by atoms with E-state index in [4.69, 9.17) is 0 Å². The van der Waals surface area contributed by atoms with E-state index < -0.39 is 5.92 Å². The van der Waals surface area contributed by atoms with Gasteiger partial charge in [0.2, 0.25) is 6.29 Å². The van der Waals surface area contributed by atoms with Crippen LogP contribution in [0, 0.1) is 5.92 Å². The van der Waals surface area contributed by atoms with Crippen LogP contribution in [-0.4, -0.2) is 17.9 Å². The van der Waals surface area contributed by atoms with E-state index in [2.05, 4.69) is 50.3 Å². The molecule has 1 unspecified atom stereocenters. The Morgan fingerprint density at radius 1 is 0.319 bits per heavy atom. The molecule has 0 aromatic rings. The van der Waals surface area contributed by atoms with E-state index in [0.29, 0.717) is 12.8 Å². The lowest BCUT2D eigenvalue weighted by molar-refractivity contribution is -0.116. The van der Waals surface area contributed by atoms with Gasteiger partial charge in [-0.3, -0.25) is 14.4 Å². The second-order valence-electron chi connectivity index (χ2n) is 19.9. The van der Waals surface area contributed by atoms with Crippen LogP contribution in [0.5, 0.6) is 0 Å². The van der Waals surface area contributed by atoms with Gasteiger partial charge in [0.25, 0.3) is 0 Å². The topological polar surface area (TPSA) is 51.2 Å². The van der Waals surface area contributed by atoms with Crippen LogP contribution in [0.15, 0.2) is 109 Å². The van der Waals surface area contributed by atoms with Crippen LogP contribution in [0.25, 0.3) is 0 Å². The van der Waals surface area contributed by atoms with Crippen LogP contribution in [-0.2, 0) is 14.4 Å². The molecule has 0 aliphatic carbocycles. The van der Waals surface area contributed by atoms with Gasteiger partial charge < -0.3 is 0 Å². The summed E-state index contributed by atoms with van der Waals surface area (Å²) in [7, 11) is 0. The Labute approximate surface area is 429 Å². The predicted octanol–water partition coefficient (Wildman–Crippen LogP) is 21.3. The van der Waals surface area contributed by atoms with Gasteiger partial charge in [-0.05, 0) is 50.7 Å². The molecule has 391 valence electrons. The van der Waals surface area contributed by atoms with Crippen molar-refractivity contribution >= 4 is 17.9 Å². The van der Waals surface area contributed by atoms with Gasteiger partial charge in [0.1, 0.15) is 0 Å². The minimum absolute atomic E-state index is 0.134. The maximum Gasteiger partial charge on any atom is 0.209 e. The zero-order valence-corrected chi connectivity index (χ0v) is 45.4. The summed E-state index contributed by atoms with van der Waals surface area (Å²) in [5.74, 6) is -0.535. The normalized spacial score (nSPS) is 13.1. The predicted molar refractivity (Wildman–Crippen MR) is 307 cm³/mol. The van der Waals surface area contributed by atoms with Crippen LogP contribution in [0.4, 0.5) is 0 Å². The lowest BCUT2D eigenvalue weighted by atomic mass is 9.97. The lowest BCUT2D eigenvalue weighted by Gasteiger charge is -2.06. The molecule has 0 rings (SSSR count). The standard InChI is InChI=1S/C66H109O3/c1-3-5-7-9-11-13-15-17-19-21-23-28-32-36-40-44-48-52-56-60-65(68)61-57-53-49-45-41-37-33-29-26-25-27-31-35-39-43-47-51-55-59-64(63-67)66(69)62-58-54-50-46-42-38-34-30-24-22-20-18-16-14-12-10-8-6-4-2/h23,28,32,34,36,38,40,42,44,46,48,50,52,54,56,58,60,62,64H,3-22,24-27,29-31,33,35,37,39,41,43,45,47,49,51,53,55,57,59,61H2,1-2H3. The average Bonchev–Trinajstić information content (AvgIpc) is 3.35. The Kier molecular flexibility index (Phi) is 56.1. The summed E-state index contributed by atoms with van der Waals surface area (Å²) in [5, 5.41) is 0. The van der Waals surface area contributed by atoms with Gasteiger partial charge in [-0.2, -0.15) is 0 Å². The minimum Gasteiger partial charge on any atom is -0.295 e. The molecule has 1 atom stereocenters. The fraction of sp³-hybridized carbons (Fsp3) is 0.682. The molecule has 0 fully saturated rings. The number of ketones is 2. The number of carbonyl (C=O) groups excluding carboxylic acids is 3. The molecule has 0 spiro atoms. The van der Waals surface area contributed by atoms with Gasteiger partial charge in [0.05, 0.1) is 5.92 Å². The average molecular weight is 951 g/mol. The molecule has 3 heteroatoms. The van der Waals surface area contributed by atoms with Crippen LogP contribution in [0.3, 0.4) is 0 Å². The molecule has 0 N–H and O–H groups in total. The SMILES string of the molecule is CCCCCCCCCCCC=CC=CC=CC=CC=CC(=O)CCCCCCCCCCCCCCCCCCCCC([C]=O)C(=O)C=CC=CC=CC=CCCCCCCCCCCCCC. The molecule has 0 bridgehead atoms. The summed E-state index contributed by atoms with van der Waals surface area (Å²) in [5.41, 5.74) is 0. The van der Waals surface area contributed by atoms with Crippen molar-refractivity contribution in [3.63, 3.8) is 0 Å². The molecule has 0 aromatic heterocycles. The third-order valence-electron chi connectivity index (χ3n) is 13.2. The van der Waals surface area contributed by atoms with E-state index >= 15 is 0 Å². The van der Waals surface area contributed by atoms with Gasteiger partial charge in [0, 0.05) is 6.42 Å². The fourth-order valence-corrected chi connectivity index (χ4v) is 8.74. The molecular formula is C66H109O3. The van der Waals surface area contributed by atoms with Crippen LogP contribution >= 0.6 is 0 Å². The first kappa shape index (κ1) is 65.7. The van der Waals surface area contributed by atoms with E-state index in [1.54, 1.807) is 12.2 Å². The zero-order chi connectivity index (χ0) is 49.9. The summed E-state index contributed by atoms with van der Waals surface area (Å²) < 4.78 is 0. The molecule has 0 heterocycles. The summed E-state index contributed by atoms with van der Waals surface area (Å²) >= 11 is 0.